The molecule has 0 amide bonds. The molecule has 1 aromatic carbocycles. The average molecular weight is 157 g/mol. The zero-order valence-electron chi connectivity index (χ0n) is 5.80. The molecule has 60 valence electrons. The van der Waals surface area contributed by atoms with E-state index >= 15 is 0 Å². The van der Waals surface area contributed by atoms with E-state index in [0.717, 1.165) is 5.69 Å². The molecule has 0 atom stereocenters. The Hall–Kier alpha value is -1.62. The van der Waals surface area contributed by atoms with Gasteiger partial charge in [0.2, 0.25) is 0 Å². The van der Waals surface area contributed by atoms with Crippen molar-refractivity contribution in [1.29, 1.82) is 0 Å². The summed E-state index contributed by atoms with van der Waals surface area (Å²) in [5.41, 5.74) is 4.79. The van der Waals surface area contributed by atoms with E-state index in [0.29, 0.717) is 0 Å². The Bertz CT molecular complexity index is 208. The smallest absolute Gasteiger partial charge is 0.291 e. The lowest BCUT2D eigenvalue weighted by Gasteiger charge is -1.78. The molecule has 0 fully saturated rings. The molecule has 5 heteroatoms. The first kappa shape index (κ1) is 9.38. The normalized spacial score (nSPS) is 7.73. The van der Waals surface area contributed by atoms with Gasteiger partial charge in [0.05, 0.1) is 0 Å². The molecule has 0 bridgehead atoms. The Labute approximate surface area is 63.2 Å². The summed E-state index contributed by atoms with van der Waals surface area (Å²) in [5, 5.41) is 13.6. The van der Waals surface area contributed by atoms with E-state index in [1.54, 1.807) is 0 Å². The lowest BCUT2D eigenvalue weighted by molar-refractivity contribution is -0.742. The molecule has 4 N–H and O–H groups in total. The summed E-state index contributed by atoms with van der Waals surface area (Å²) in [6.07, 6.45) is 0. The van der Waals surface area contributed by atoms with Gasteiger partial charge in [0.1, 0.15) is 5.69 Å². The summed E-state index contributed by atoms with van der Waals surface area (Å²) in [5.74, 6) is 0. The van der Waals surface area contributed by atoms with Gasteiger partial charge in [-0.2, -0.15) is 0 Å². The first-order valence-electron chi connectivity index (χ1n) is 2.83. The summed E-state index contributed by atoms with van der Waals surface area (Å²) in [4.78, 5) is 8.36. The Morgan fingerprint density at radius 2 is 1.73 bits per heavy atom. The molecule has 0 aliphatic heterocycles. The number of hydrogen-bond acceptors (Lipinski definition) is 2. The van der Waals surface area contributed by atoms with Crippen LogP contribution in [0.5, 0.6) is 0 Å². The lowest BCUT2D eigenvalue weighted by atomic mass is 10.3. The van der Waals surface area contributed by atoms with Crippen molar-refractivity contribution in [3.63, 3.8) is 0 Å². The largest absolute Gasteiger partial charge is 0.328 e. The highest BCUT2D eigenvalue weighted by Crippen LogP contribution is 1.93. The molecule has 0 aromatic heterocycles. The zero-order valence-corrected chi connectivity index (χ0v) is 5.80. The number of quaternary nitrogens is 1. The maximum atomic E-state index is 8.36. The maximum absolute atomic E-state index is 8.36. The Balaban J connectivity index is 0.000000218. The van der Waals surface area contributed by atoms with Gasteiger partial charge in [0, 0.05) is 0 Å². The molecular formula is C6H9N2O3+. The van der Waals surface area contributed by atoms with Gasteiger partial charge in [0.15, 0.2) is 0 Å². The van der Waals surface area contributed by atoms with Crippen molar-refractivity contribution in [3.8, 4) is 0 Å². The van der Waals surface area contributed by atoms with Crippen LogP contribution < -0.4 is 5.73 Å². The van der Waals surface area contributed by atoms with Crippen LogP contribution >= 0.6 is 0 Å². The molecule has 1 aromatic rings. The van der Waals surface area contributed by atoms with Crippen LogP contribution in [-0.2, 0) is 0 Å². The van der Waals surface area contributed by atoms with Crippen LogP contribution in [0.25, 0.3) is 0 Å². The van der Waals surface area contributed by atoms with Crippen molar-refractivity contribution in [2.75, 3.05) is 0 Å². The van der Waals surface area contributed by atoms with Crippen molar-refractivity contribution >= 4 is 5.69 Å². The summed E-state index contributed by atoms with van der Waals surface area (Å²) < 4.78 is 0. The van der Waals surface area contributed by atoms with Gasteiger partial charge in [-0.1, -0.05) is 18.2 Å². The monoisotopic (exact) mass is 157 g/mol. The van der Waals surface area contributed by atoms with E-state index in [1.165, 1.54) is 0 Å². The zero-order chi connectivity index (χ0) is 8.69. The topological polar surface area (TPSA) is 91.0 Å². The summed E-state index contributed by atoms with van der Waals surface area (Å²) in [6.45, 7) is 0. The van der Waals surface area contributed by atoms with E-state index in [1.807, 2.05) is 30.3 Å². The molecule has 0 aliphatic rings. The molecule has 0 radical (unpaired) electrons. The highest BCUT2D eigenvalue weighted by molar-refractivity contribution is 5.25. The number of hydrogen-bond donors (Lipinski definition) is 2. The first-order valence-corrected chi connectivity index (χ1v) is 2.83. The number of nitrogens with zero attached hydrogens (tertiary/aromatic N) is 1. The van der Waals surface area contributed by atoms with Gasteiger partial charge in [0.25, 0.3) is 5.09 Å². The summed E-state index contributed by atoms with van der Waals surface area (Å²) >= 11 is 0. The molecule has 11 heavy (non-hydrogen) atoms. The second-order valence-corrected chi connectivity index (χ2v) is 1.72. The Morgan fingerprint density at radius 1 is 1.36 bits per heavy atom. The van der Waals surface area contributed by atoms with Crippen LogP contribution in [0.15, 0.2) is 30.3 Å². The molecule has 0 aliphatic carbocycles. The predicted molar refractivity (Wildman–Crippen MR) is 37.8 cm³/mol. The molecular weight excluding hydrogens is 148 g/mol. The van der Waals surface area contributed by atoms with Gasteiger partial charge in [-0.15, -0.1) is 10.1 Å². The van der Waals surface area contributed by atoms with E-state index in [4.69, 9.17) is 15.3 Å². The molecule has 0 heterocycles. The third kappa shape index (κ3) is 8.38. The number of benzene rings is 1. The fraction of sp³-hybridized carbons (Fsp3) is 0. The second kappa shape index (κ2) is 5.19. The minimum atomic E-state index is -1.50. The predicted octanol–water partition coefficient (Wildman–Crippen LogP) is 0.212. The van der Waals surface area contributed by atoms with Gasteiger partial charge in [-0.05, 0) is 12.1 Å². The standard InChI is InChI=1S/C6H7N.HNO3/c7-6-4-2-1-3-5-6;2-1(3)4/h1-5H,7H2;(H,2,3,4)/p+1. The fourth-order valence-corrected chi connectivity index (χ4v) is 0.478. The van der Waals surface area contributed by atoms with E-state index in [2.05, 4.69) is 5.73 Å². The molecule has 0 spiro atoms. The Kier molecular flexibility index (Phi) is 4.42. The van der Waals surface area contributed by atoms with Gasteiger partial charge >= 0.3 is 0 Å². The number of rotatable bonds is 0. The van der Waals surface area contributed by atoms with Crippen molar-refractivity contribution in [2.45, 2.75) is 0 Å². The third-order valence-electron chi connectivity index (χ3n) is 0.843. The van der Waals surface area contributed by atoms with Crippen molar-refractivity contribution < 1.29 is 16.0 Å². The first-order chi connectivity index (χ1) is 5.13. The molecule has 0 unspecified atom stereocenters. The summed E-state index contributed by atoms with van der Waals surface area (Å²) in [6, 6.07) is 9.87. The maximum Gasteiger partial charge on any atom is 0.291 e. The van der Waals surface area contributed by atoms with Crippen LogP contribution in [0.1, 0.15) is 0 Å². The Morgan fingerprint density at radius 3 is 1.91 bits per heavy atom. The molecule has 1 rings (SSSR count). The summed E-state index contributed by atoms with van der Waals surface area (Å²) in [7, 11) is 0. The minimum Gasteiger partial charge on any atom is -0.328 e. The highest BCUT2D eigenvalue weighted by Gasteiger charge is 1.77. The van der Waals surface area contributed by atoms with E-state index < -0.39 is 5.09 Å². The third-order valence-corrected chi connectivity index (χ3v) is 0.843. The quantitative estimate of drug-likeness (QED) is 0.416. The van der Waals surface area contributed by atoms with Crippen molar-refractivity contribution in [2.24, 2.45) is 0 Å². The SMILES string of the molecule is O=[N+]([O-])O.[NH3+]c1ccccc1. The molecule has 5 nitrogen and oxygen atoms in total. The van der Waals surface area contributed by atoms with Crippen LogP contribution in [-0.4, -0.2) is 10.3 Å². The van der Waals surface area contributed by atoms with E-state index in [-0.39, 0.29) is 0 Å². The van der Waals surface area contributed by atoms with Gasteiger partial charge < -0.3 is 10.9 Å². The van der Waals surface area contributed by atoms with Crippen molar-refractivity contribution in [1.82, 2.24) is 0 Å². The second-order valence-electron chi connectivity index (χ2n) is 1.72. The molecule has 0 saturated heterocycles. The van der Waals surface area contributed by atoms with Crippen LogP contribution in [0.3, 0.4) is 0 Å². The van der Waals surface area contributed by atoms with Crippen molar-refractivity contribution in [3.05, 3.63) is 40.4 Å². The van der Waals surface area contributed by atoms with Gasteiger partial charge in [-0.25, -0.2) is 0 Å². The average Bonchev–Trinajstić information content (AvgIpc) is 1.87. The van der Waals surface area contributed by atoms with Crippen LogP contribution in [0.2, 0.25) is 0 Å². The fourth-order valence-electron chi connectivity index (χ4n) is 0.478. The van der Waals surface area contributed by atoms with E-state index in [9.17, 15) is 0 Å². The van der Waals surface area contributed by atoms with Crippen LogP contribution in [0, 0.1) is 10.1 Å². The molecule has 0 saturated carbocycles. The lowest BCUT2D eigenvalue weighted by Crippen LogP contribution is -2.39. The highest BCUT2D eigenvalue weighted by atomic mass is 16.9. The van der Waals surface area contributed by atoms with Gasteiger partial charge in [-0.3, -0.25) is 0 Å². The van der Waals surface area contributed by atoms with Crippen LogP contribution in [0.4, 0.5) is 5.69 Å². The minimum absolute atomic E-state index is 1.07.